The van der Waals surface area contributed by atoms with Gasteiger partial charge in [0.05, 0.1) is 0 Å². The van der Waals surface area contributed by atoms with Gasteiger partial charge in [0.1, 0.15) is 0 Å². The molecule has 136 valence electrons. The zero-order valence-electron chi connectivity index (χ0n) is 14.3. The van der Waals surface area contributed by atoms with Gasteiger partial charge in [-0.25, -0.2) is 0 Å². The number of rotatable bonds is 2. The minimum atomic E-state index is 0. The van der Waals surface area contributed by atoms with Gasteiger partial charge in [-0.3, -0.25) is 9.69 Å². The normalized spacial score (nSPS) is 34.8. The second-order valence-electron chi connectivity index (χ2n) is 7.45. The first-order valence-electron chi connectivity index (χ1n) is 8.94. The number of hydrogen-bond donors (Lipinski definition) is 1. The number of carbonyl (C=O) groups is 1. The van der Waals surface area contributed by atoms with Gasteiger partial charge in [0.25, 0.3) is 0 Å². The van der Waals surface area contributed by atoms with E-state index >= 15 is 0 Å². The molecule has 3 aliphatic rings. The SMILES string of the molecule is CC1CN2CCCCC2CN1C(=O)CC1CCCCC1N.Cl.Cl. The molecule has 0 spiro atoms. The van der Waals surface area contributed by atoms with E-state index < -0.39 is 0 Å². The Morgan fingerprint density at radius 3 is 2.48 bits per heavy atom. The molecular formula is C17H33Cl2N3O. The summed E-state index contributed by atoms with van der Waals surface area (Å²) in [4.78, 5) is 17.5. The first kappa shape index (κ1) is 21.0. The molecule has 0 aromatic carbocycles. The highest BCUT2D eigenvalue weighted by atomic mass is 35.5. The van der Waals surface area contributed by atoms with Crippen LogP contribution in [-0.4, -0.2) is 53.5 Å². The van der Waals surface area contributed by atoms with Crippen LogP contribution in [-0.2, 0) is 4.79 Å². The molecule has 0 aromatic rings. The third-order valence-electron chi connectivity index (χ3n) is 5.91. The Morgan fingerprint density at radius 1 is 1.04 bits per heavy atom. The molecule has 4 unspecified atom stereocenters. The van der Waals surface area contributed by atoms with Crippen LogP contribution in [0.3, 0.4) is 0 Å². The fourth-order valence-corrected chi connectivity index (χ4v) is 4.53. The molecule has 3 rings (SSSR count). The Morgan fingerprint density at radius 2 is 1.74 bits per heavy atom. The Labute approximate surface area is 153 Å². The minimum Gasteiger partial charge on any atom is -0.337 e. The number of nitrogens with two attached hydrogens (primary N) is 1. The van der Waals surface area contributed by atoms with Crippen molar-refractivity contribution in [3.05, 3.63) is 0 Å². The molecule has 3 fully saturated rings. The van der Waals surface area contributed by atoms with E-state index in [1.54, 1.807) is 0 Å². The Balaban J connectivity index is 0.00000132. The topological polar surface area (TPSA) is 49.6 Å². The molecule has 6 heteroatoms. The van der Waals surface area contributed by atoms with E-state index in [-0.39, 0.29) is 30.9 Å². The van der Waals surface area contributed by atoms with Gasteiger partial charge in [0.15, 0.2) is 0 Å². The summed E-state index contributed by atoms with van der Waals surface area (Å²) in [6.07, 6.45) is 9.33. The van der Waals surface area contributed by atoms with Gasteiger partial charge in [-0.15, -0.1) is 24.8 Å². The monoisotopic (exact) mass is 365 g/mol. The fourth-order valence-electron chi connectivity index (χ4n) is 4.53. The quantitative estimate of drug-likeness (QED) is 0.818. The van der Waals surface area contributed by atoms with Gasteiger partial charge < -0.3 is 10.6 Å². The lowest BCUT2D eigenvalue weighted by atomic mass is 9.82. The maximum absolute atomic E-state index is 12.7. The Hall–Kier alpha value is -0.0300. The smallest absolute Gasteiger partial charge is 0.223 e. The maximum Gasteiger partial charge on any atom is 0.223 e. The number of fused-ring (bicyclic) bond motifs is 1. The van der Waals surface area contributed by atoms with Gasteiger partial charge in [-0.1, -0.05) is 19.3 Å². The highest BCUT2D eigenvalue weighted by Crippen LogP contribution is 2.29. The van der Waals surface area contributed by atoms with Crippen molar-refractivity contribution in [3.8, 4) is 0 Å². The average Bonchev–Trinajstić information content (AvgIpc) is 2.49. The number of piperazine rings is 1. The van der Waals surface area contributed by atoms with E-state index in [1.807, 2.05) is 0 Å². The summed E-state index contributed by atoms with van der Waals surface area (Å²) in [6.45, 7) is 5.45. The Bertz CT molecular complexity index is 383. The highest BCUT2D eigenvalue weighted by molar-refractivity contribution is 5.85. The van der Waals surface area contributed by atoms with Crippen molar-refractivity contribution in [1.82, 2.24) is 9.80 Å². The van der Waals surface area contributed by atoms with Crippen molar-refractivity contribution in [3.63, 3.8) is 0 Å². The summed E-state index contributed by atoms with van der Waals surface area (Å²) in [6, 6.07) is 1.22. The highest BCUT2D eigenvalue weighted by Gasteiger charge is 2.36. The van der Waals surface area contributed by atoms with E-state index in [1.165, 1.54) is 38.6 Å². The van der Waals surface area contributed by atoms with Gasteiger partial charge in [-0.05, 0) is 45.1 Å². The predicted octanol–water partition coefficient (Wildman–Crippen LogP) is 2.82. The number of hydrogen-bond acceptors (Lipinski definition) is 3. The van der Waals surface area contributed by atoms with Gasteiger partial charge in [0, 0.05) is 37.6 Å². The van der Waals surface area contributed by atoms with Crippen LogP contribution in [0.2, 0.25) is 0 Å². The first-order chi connectivity index (χ1) is 10.1. The van der Waals surface area contributed by atoms with Crippen LogP contribution in [0.5, 0.6) is 0 Å². The van der Waals surface area contributed by atoms with E-state index in [9.17, 15) is 4.79 Å². The summed E-state index contributed by atoms with van der Waals surface area (Å²) in [5, 5.41) is 0. The molecule has 2 heterocycles. The second-order valence-corrected chi connectivity index (χ2v) is 7.45. The van der Waals surface area contributed by atoms with Crippen molar-refractivity contribution in [1.29, 1.82) is 0 Å². The molecule has 1 saturated carbocycles. The third kappa shape index (κ3) is 4.97. The van der Waals surface area contributed by atoms with E-state index in [0.29, 0.717) is 30.3 Å². The van der Waals surface area contributed by atoms with Crippen LogP contribution >= 0.6 is 24.8 Å². The van der Waals surface area contributed by atoms with Gasteiger partial charge >= 0.3 is 0 Å². The van der Waals surface area contributed by atoms with Crippen LogP contribution in [0.15, 0.2) is 0 Å². The van der Waals surface area contributed by atoms with Crippen LogP contribution in [0.4, 0.5) is 0 Å². The van der Waals surface area contributed by atoms with Crippen LogP contribution in [0.1, 0.15) is 58.3 Å². The molecule has 0 radical (unpaired) electrons. The molecule has 0 bridgehead atoms. The van der Waals surface area contributed by atoms with Crippen LogP contribution in [0, 0.1) is 5.92 Å². The number of nitrogens with zero attached hydrogens (tertiary/aromatic N) is 2. The van der Waals surface area contributed by atoms with Crippen LogP contribution in [0.25, 0.3) is 0 Å². The van der Waals surface area contributed by atoms with Crippen LogP contribution < -0.4 is 5.73 Å². The molecule has 2 saturated heterocycles. The number of amides is 1. The first-order valence-corrected chi connectivity index (χ1v) is 8.94. The number of halogens is 2. The molecule has 4 nitrogen and oxygen atoms in total. The summed E-state index contributed by atoms with van der Waals surface area (Å²) in [5.41, 5.74) is 6.22. The van der Waals surface area contributed by atoms with Crippen molar-refractivity contribution >= 4 is 30.7 Å². The van der Waals surface area contributed by atoms with E-state index in [4.69, 9.17) is 5.73 Å². The van der Waals surface area contributed by atoms with E-state index in [2.05, 4.69) is 16.7 Å². The summed E-state index contributed by atoms with van der Waals surface area (Å²) in [7, 11) is 0. The van der Waals surface area contributed by atoms with E-state index in [0.717, 1.165) is 25.9 Å². The largest absolute Gasteiger partial charge is 0.337 e. The van der Waals surface area contributed by atoms with Gasteiger partial charge in [0.2, 0.25) is 5.91 Å². The Kier molecular flexibility index (Phi) is 8.64. The summed E-state index contributed by atoms with van der Waals surface area (Å²) in [5.74, 6) is 0.776. The summed E-state index contributed by atoms with van der Waals surface area (Å²) < 4.78 is 0. The molecule has 4 atom stereocenters. The fraction of sp³-hybridized carbons (Fsp3) is 0.941. The molecule has 2 aliphatic heterocycles. The molecule has 23 heavy (non-hydrogen) atoms. The lowest BCUT2D eigenvalue weighted by molar-refractivity contribution is -0.139. The van der Waals surface area contributed by atoms with Crippen molar-refractivity contribution in [2.45, 2.75) is 76.4 Å². The summed E-state index contributed by atoms with van der Waals surface area (Å²) >= 11 is 0. The lowest BCUT2D eigenvalue weighted by Crippen LogP contribution is -2.60. The molecular weight excluding hydrogens is 333 g/mol. The zero-order chi connectivity index (χ0) is 14.8. The number of piperidine rings is 1. The van der Waals surface area contributed by atoms with Crippen molar-refractivity contribution < 1.29 is 4.79 Å². The van der Waals surface area contributed by atoms with Gasteiger partial charge in [-0.2, -0.15) is 0 Å². The van der Waals surface area contributed by atoms with Crippen molar-refractivity contribution in [2.75, 3.05) is 19.6 Å². The number of carbonyl (C=O) groups excluding carboxylic acids is 1. The zero-order valence-corrected chi connectivity index (χ0v) is 15.9. The average molecular weight is 366 g/mol. The molecule has 2 N–H and O–H groups in total. The second kappa shape index (κ2) is 9.45. The predicted molar refractivity (Wildman–Crippen MR) is 99.4 cm³/mol. The molecule has 0 aromatic heterocycles. The minimum absolute atomic E-state index is 0. The lowest BCUT2D eigenvalue weighted by Gasteiger charge is -2.48. The maximum atomic E-state index is 12.7. The molecule has 1 aliphatic carbocycles. The van der Waals surface area contributed by atoms with Crippen molar-refractivity contribution in [2.24, 2.45) is 11.7 Å². The standard InChI is InChI=1S/C17H31N3O.2ClH/c1-13-11-19-9-5-4-7-15(19)12-20(13)17(21)10-14-6-2-3-8-16(14)18;;/h13-16H,2-12,18H2,1H3;2*1H. The third-order valence-corrected chi connectivity index (χ3v) is 5.91. The molecule has 1 amide bonds.